The maximum Gasteiger partial charge on any atom is 0.324 e. The number of fused-ring (bicyclic) bond motifs is 2. The molecule has 2 aliphatic heterocycles. The lowest BCUT2D eigenvalue weighted by molar-refractivity contribution is -0.136. The van der Waals surface area contributed by atoms with Gasteiger partial charge >= 0.3 is 6.03 Å². The molecule has 2 aromatic heterocycles. The number of methoxy groups -OCH3 is 1. The summed E-state index contributed by atoms with van der Waals surface area (Å²) in [6.07, 6.45) is 17.2. The molecule has 3 aliphatic rings. The monoisotopic (exact) mass is 645 g/mol. The number of nitrogens with zero attached hydrogens (tertiary/aromatic N) is 5. The number of allylic oxidation sites excluding steroid dienone is 3. The van der Waals surface area contributed by atoms with E-state index in [4.69, 9.17) is 21.1 Å². The van der Waals surface area contributed by atoms with Crippen LogP contribution in [-0.2, 0) is 11.3 Å². The summed E-state index contributed by atoms with van der Waals surface area (Å²) < 4.78 is 13.5. The third kappa shape index (κ3) is 6.47. The maximum atomic E-state index is 13.9. The molecule has 3 atom stereocenters. The SMILES string of the molecule is CCCCCOc1cc(N2CCCN(Cc3ccnc4c3c(Cl)cn4C(C)C(=O)N3CCC4C=CC=CC4C3)C2=O)ccc1OC. The molecule has 3 unspecified atom stereocenters. The van der Waals surface area contributed by atoms with E-state index in [0.29, 0.717) is 66.8 Å². The van der Waals surface area contributed by atoms with Gasteiger partial charge in [-0.05, 0) is 55.9 Å². The van der Waals surface area contributed by atoms with Gasteiger partial charge in [-0.1, -0.05) is 55.7 Å². The van der Waals surface area contributed by atoms with Gasteiger partial charge in [-0.2, -0.15) is 0 Å². The summed E-state index contributed by atoms with van der Waals surface area (Å²) in [4.78, 5) is 37.9. The van der Waals surface area contributed by atoms with Crippen molar-refractivity contribution in [3.05, 3.63) is 71.5 Å². The van der Waals surface area contributed by atoms with E-state index in [1.807, 2.05) is 51.8 Å². The van der Waals surface area contributed by atoms with Gasteiger partial charge in [0.25, 0.3) is 0 Å². The van der Waals surface area contributed by atoms with E-state index < -0.39 is 6.04 Å². The minimum absolute atomic E-state index is 0.0669. The summed E-state index contributed by atoms with van der Waals surface area (Å²) in [6, 6.07) is 7.05. The minimum Gasteiger partial charge on any atom is -0.493 e. The summed E-state index contributed by atoms with van der Waals surface area (Å²) in [5, 5.41) is 1.30. The van der Waals surface area contributed by atoms with E-state index in [1.165, 1.54) is 0 Å². The van der Waals surface area contributed by atoms with Crippen LogP contribution in [0.25, 0.3) is 11.0 Å². The molecular weight excluding hydrogens is 602 g/mol. The number of amides is 3. The number of urea groups is 1. The van der Waals surface area contributed by atoms with Crippen LogP contribution in [0.5, 0.6) is 11.5 Å². The van der Waals surface area contributed by atoms with Crippen molar-refractivity contribution in [2.75, 3.05) is 44.8 Å². The van der Waals surface area contributed by atoms with Gasteiger partial charge < -0.3 is 23.8 Å². The number of piperidine rings is 1. The lowest BCUT2D eigenvalue weighted by Crippen LogP contribution is -2.49. The normalized spacial score (nSPS) is 20.3. The Labute approximate surface area is 276 Å². The molecule has 1 aliphatic carbocycles. The molecule has 244 valence electrons. The third-order valence-electron chi connectivity index (χ3n) is 9.52. The first-order valence-corrected chi connectivity index (χ1v) is 16.9. The number of benzene rings is 1. The zero-order chi connectivity index (χ0) is 32.2. The number of rotatable bonds is 11. The second-order valence-electron chi connectivity index (χ2n) is 12.5. The lowest BCUT2D eigenvalue weighted by atomic mass is 9.82. The predicted octanol–water partition coefficient (Wildman–Crippen LogP) is 7.25. The van der Waals surface area contributed by atoms with Crippen molar-refractivity contribution in [2.45, 2.75) is 58.5 Å². The average molecular weight is 646 g/mol. The fourth-order valence-electron chi connectivity index (χ4n) is 6.91. The van der Waals surface area contributed by atoms with Crippen LogP contribution in [0.3, 0.4) is 0 Å². The Kier molecular flexibility index (Phi) is 9.87. The molecule has 46 heavy (non-hydrogen) atoms. The highest BCUT2D eigenvalue weighted by atomic mass is 35.5. The maximum absolute atomic E-state index is 13.9. The van der Waals surface area contributed by atoms with Crippen LogP contribution >= 0.6 is 11.6 Å². The second kappa shape index (κ2) is 14.2. The van der Waals surface area contributed by atoms with Gasteiger partial charge in [0.2, 0.25) is 5.91 Å². The standard InChI is InChI=1S/C36H44ClN5O4/c1-4-5-8-20-46-32-21-29(12-13-31(32)45-3)41-18-9-17-40(36(41)44)23-28-14-16-38-34-33(28)30(37)24-42(34)25(2)35(43)39-19-15-26-10-6-7-11-27(26)22-39/h6-7,10-14,16,21,24-27H,4-5,8-9,15,17-20,22-23H2,1-3H3. The quantitative estimate of drug-likeness (QED) is 0.205. The Balaban J connectivity index is 1.19. The van der Waals surface area contributed by atoms with Crippen LogP contribution in [-0.4, -0.2) is 71.2 Å². The zero-order valence-corrected chi connectivity index (χ0v) is 27.8. The van der Waals surface area contributed by atoms with Gasteiger partial charge in [0.05, 0.1) is 18.7 Å². The van der Waals surface area contributed by atoms with Gasteiger partial charge in [0, 0.05) is 68.2 Å². The number of unbranched alkanes of at least 4 members (excludes halogenated alkanes) is 2. The third-order valence-corrected chi connectivity index (χ3v) is 9.80. The number of likely N-dealkylation sites (tertiary alicyclic amines) is 1. The van der Waals surface area contributed by atoms with Crippen molar-refractivity contribution >= 4 is 40.3 Å². The highest BCUT2D eigenvalue weighted by Gasteiger charge is 2.33. The van der Waals surface area contributed by atoms with E-state index >= 15 is 0 Å². The molecule has 0 radical (unpaired) electrons. The number of hydrogen-bond donors (Lipinski definition) is 0. The average Bonchev–Trinajstić information content (AvgIpc) is 3.43. The highest BCUT2D eigenvalue weighted by Crippen LogP contribution is 2.36. The van der Waals surface area contributed by atoms with Crippen LogP contribution in [0, 0.1) is 11.8 Å². The van der Waals surface area contributed by atoms with Crippen LogP contribution in [0.1, 0.15) is 57.6 Å². The molecule has 2 saturated heterocycles. The number of aromatic nitrogens is 2. The fourth-order valence-corrected chi connectivity index (χ4v) is 7.22. The number of hydrogen-bond acceptors (Lipinski definition) is 5. The number of anilines is 1. The fraction of sp³-hybridized carbons (Fsp3) is 0.472. The Hall–Kier alpha value is -3.98. The molecule has 3 aromatic rings. The molecular formula is C36H44ClN5O4. The minimum atomic E-state index is -0.460. The molecule has 0 bridgehead atoms. The van der Waals surface area contributed by atoms with Gasteiger partial charge in [-0.3, -0.25) is 9.69 Å². The number of ether oxygens (including phenoxy) is 2. The zero-order valence-electron chi connectivity index (χ0n) is 27.0. The van der Waals surface area contributed by atoms with Gasteiger partial charge in [0.1, 0.15) is 11.7 Å². The molecule has 0 N–H and O–H groups in total. The van der Waals surface area contributed by atoms with Crippen molar-refractivity contribution in [3.63, 3.8) is 0 Å². The van der Waals surface area contributed by atoms with Gasteiger partial charge in [0.15, 0.2) is 11.5 Å². The van der Waals surface area contributed by atoms with E-state index in [9.17, 15) is 9.59 Å². The summed E-state index contributed by atoms with van der Waals surface area (Å²) in [7, 11) is 1.63. The molecule has 10 heteroatoms. The van der Waals surface area contributed by atoms with Crippen molar-refractivity contribution in [2.24, 2.45) is 11.8 Å². The number of pyridine rings is 1. The number of halogens is 1. The Morgan fingerprint density at radius 1 is 1.09 bits per heavy atom. The first kappa shape index (κ1) is 32.0. The molecule has 1 aromatic carbocycles. The lowest BCUT2D eigenvalue weighted by Gasteiger charge is -2.38. The molecule has 6 rings (SSSR count). The summed E-state index contributed by atoms with van der Waals surface area (Å²) in [5.74, 6) is 2.22. The Morgan fingerprint density at radius 3 is 2.72 bits per heavy atom. The van der Waals surface area contributed by atoms with E-state index in [1.54, 1.807) is 18.2 Å². The van der Waals surface area contributed by atoms with Crippen molar-refractivity contribution in [1.82, 2.24) is 19.4 Å². The van der Waals surface area contributed by atoms with Crippen molar-refractivity contribution in [1.29, 1.82) is 0 Å². The van der Waals surface area contributed by atoms with Crippen LogP contribution in [0.4, 0.5) is 10.5 Å². The Bertz CT molecular complexity index is 1630. The molecule has 3 amide bonds. The van der Waals surface area contributed by atoms with Crippen molar-refractivity contribution in [3.8, 4) is 11.5 Å². The van der Waals surface area contributed by atoms with Crippen molar-refractivity contribution < 1.29 is 19.1 Å². The second-order valence-corrected chi connectivity index (χ2v) is 12.9. The molecule has 4 heterocycles. The summed E-state index contributed by atoms with van der Waals surface area (Å²) >= 11 is 6.85. The van der Waals surface area contributed by atoms with E-state index in [0.717, 1.165) is 55.3 Å². The van der Waals surface area contributed by atoms with Crippen LogP contribution < -0.4 is 14.4 Å². The van der Waals surface area contributed by atoms with Crippen LogP contribution in [0.15, 0.2) is 61.0 Å². The largest absolute Gasteiger partial charge is 0.493 e. The smallest absolute Gasteiger partial charge is 0.324 e. The predicted molar refractivity (Wildman–Crippen MR) is 182 cm³/mol. The summed E-state index contributed by atoms with van der Waals surface area (Å²) in [6.45, 7) is 7.76. The molecule has 0 spiro atoms. The van der Waals surface area contributed by atoms with Gasteiger partial charge in [-0.15, -0.1) is 0 Å². The first-order valence-electron chi connectivity index (χ1n) is 16.5. The summed E-state index contributed by atoms with van der Waals surface area (Å²) in [5.41, 5.74) is 2.33. The van der Waals surface area contributed by atoms with E-state index in [-0.39, 0.29) is 11.9 Å². The van der Waals surface area contributed by atoms with Gasteiger partial charge in [-0.25, -0.2) is 9.78 Å². The molecule has 9 nitrogen and oxygen atoms in total. The first-order chi connectivity index (χ1) is 22.4. The van der Waals surface area contributed by atoms with Crippen LogP contribution in [0.2, 0.25) is 5.02 Å². The Morgan fingerprint density at radius 2 is 1.91 bits per heavy atom. The molecule has 0 saturated carbocycles. The topological polar surface area (TPSA) is 80.1 Å². The van der Waals surface area contributed by atoms with E-state index in [2.05, 4.69) is 36.2 Å². The number of carbonyl (C=O) groups excluding carboxylic acids is 2. The highest BCUT2D eigenvalue weighted by molar-refractivity contribution is 6.35. The number of carbonyl (C=O) groups is 2. The molecule has 2 fully saturated rings.